The number of carbonyl (C=O) groups is 1. The Labute approximate surface area is 91.2 Å². The minimum atomic E-state index is -0.561. The lowest BCUT2D eigenvalue weighted by molar-refractivity contribution is -0.118. The molecule has 88 valence electrons. The summed E-state index contributed by atoms with van der Waals surface area (Å²) in [7, 11) is 0. The summed E-state index contributed by atoms with van der Waals surface area (Å²) in [6, 6.07) is 0. The number of hydrogen-bond acceptors (Lipinski definition) is 3. The second kappa shape index (κ2) is 6.08. The van der Waals surface area contributed by atoms with Gasteiger partial charge >= 0.3 is 0 Å². The third kappa shape index (κ3) is 5.14. The van der Waals surface area contributed by atoms with Crippen molar-refractivity contribution in [3.63, 3.8) is 0 Å². The Balaban J connectivity index is 2.19. The number of nitrogens with one attached hydrogen (secondary N) is 1. The zero-order chi connectivity index (χ0) is 11.1. The first-order valence-electron chi connectivity index (χ1n) is 5.84. The van der Waals surface area contributed by atoms with Crippen molar-refractivity contribution >= 4 is 5.91 Å². The number of carbonyl (C=O) groups excluding carboxylic acids is 1. The highest BCUT2D eigenvalue weighted by Crippen LogP contribution is 2.26. The Kier molecular flexibility index (Phi) is 5.05. The Hall–Kier alpha value is -0.610. The molecule has 4 N–H and O–H groups in total. The van der Waals surface area contributed by atoms with Gasteiger partial charge in [0.2, 0.25) is 5.91 Å². The fraction of sp³-hybridized carbons (Fsp3) is 0.909. The molecule has 0 aromatic carbocycles. The van der Waals surface area contributed by atoms with Crippen LogP contribution in [-0.2, 0) is 4.79 Å². The molecule has 1 aliphatic rings. The third-order valence-electron chi connectivity index (χ3n) is 3.04. The molecule has 0 bridgehead atoms. The van der Waals surface area contributed by atoms with Crippen molar-refractivity contribution in [2.24, 2.45) is 5.73 Å². The highest BCUT2D eigenvalue weighted by Gasteiger charge is 2.27. The molecule has 1 saturated carbocycles. The molecular weight excluding hydrogens is 192 g/mol. The summed E-state index contributed by atoms with van der Waals surface area (Å²) in [4.78, 5) is 10.5. The zero-order valence-electron chi connectivity index (χ0n) is 9.30. The Morgan fingerprint density at radius 3 is 2.40 bits per heavy atom. The van der Waals surface area contributed by atoms with Crippen molar-refractivity contribution < 1.29 is 9.90 Å². The SMILES string of the molecule is NC(=O)CCNCC1(O)CCCCCC1. The van der Waals surface area contributed by atoms with Crippen molar-refractivity contribution in [1.82, 2.24) is 5.32 Å². The molecule has 1 rings (SSSR count). The fourth-order valence-electron chi connectivity index (χ4n) is 2.10. The standard InChI is InChI=1S/C11H22N2O2/c12-10(14)5-8-13-9-11(15)6-3-1-2-4-7-11/h13,15H,1-9H2,(H2,12,14). The number of aliphatic hydroxyl groups is 1. The molecule has 0 saturated heterocycles. The first-order chi connectivity index (χ1) is 7.12. The lowest BCUT2D eigenvalue weighted by atomic mass is 9.94. The number of rotatable bonds is 5. The number of nitrogens with two attached hydrogens (primary N) is 1. The molecule has 1 amide bonds. The van der Waals surface area contributed by atoms with E-state index in [-0.39, 0.29) is 5.91 Å². The van der Waals surface area contributed by atoms with Crippen molar-refractivity contribution in [3.8, 4) is 0 Å². The second-order valence-electron chi connectivity index (χ2n) is 4.53. The average molecular weight is 214 g/mol. The van der Waals surface area contributed by atoms with Gasteiger partial charge in [0.1, 0.15) is 0 Å². The summed E-state index contributed by atoms with van der Waals surface area (Å²) in [6.45, 7) is 1.15. The van der Waals surface area contributed by atoms with Crippen LogP contribution >= 0.6 is 0 Å². The quantitative estimate of drug-likeness (QED) is 0.462. The molecule has 0 unspecified atom stereocenters. The van der Waals surface area contributed by atoms with Crippen LogP contribution in [0.4, 0.5) is 0 Å². The highest BCUT2D eigenvalue weighted by atomic mass is 16.3. The van der Waals surface area contributed by atoms with Gasteiger partial charge in [0, 0.05) is 19.5 Å². The minimum Gasteiger partial charge on any atom is -0.389 e. The van der Waals surface area contributed by atoms with Crippen LogP contribution in [0.2, 0.25) is 0 Å². The zero-order valence-corrected chi connectivity index (χ0v) is 9.30. The smallest absolute Gasteiger partial charge is 0.218 e. The molecule has 1 fully saturated rings. The van der Waals surface area contributed by atoms with Gasteiger partial charge in [0.15, 0.2) is 0 Å². The first-order valence-corrected chi connectivity index (χ1v) is 5.84. The maximum absolute atomic E-state index is 10.5. The first kappa shape index (κ1) is 12.5. The maximum atomic E-state index is 10.5. The van der Waals surface area contributed by atoms with Gasteiger partial charge in [-0.2, -0.15) is 0 Å². The molecule has 4 nitrogen and oxygen atoms in total. The lowest BCUT2D eigenvalue weighted by Gasteiger charge is -2.26. The van der Waals surface area contributed by atoms with Gasteiger partial charge in [0.05, 0.1) is 5.60 Å². The average Bonchev–Trinajstić information content (AvgIpc) is 2.38. The van der Waals surface area contributed by atoms with Crippen LogP contribution in [0, 0.1) is 0 Å². The van der Waals surface area contributed by atoms with E-state index in [9.17, 15) is 9.90 Å². The van der Waals surface area contributed by atoms with E-state index in [2.05, 4.69) is 5.32 Å². The van der Waals surface area contributed by atoms with E-state index in [1.807, 2.05) is 0 Å². The Morgan fingerprint density at radius 1 is 1.27 bits per heavy atom. The molecule has 0 atom stereocenters. The summed E-state index contributed by atoms with van der Waals surface area (Å²) < 4.78 is 0. The van der Waals surface area contributed by atoms with E-state index >= 15 is 0 Å². The molecule has 0 radical (unpaired) electrons. The summed E-state index contributed by atoms with van der Waals surface area (Å²) in [6.07, 6.45) is 6.75. The second-order valence-corrected chi connectivity index (χ2v) is 4.53. The van der Waals surface area contributed by atoms with Gasteiger partial charge in [-0.3, -0.25) is 4.79 Å². The molecule has 0 aliphatic heterocycles. The van der Waals surface area contributed by atoms with E-state index in [0.717, 1.165) is 25.7 Å². The third-order valence-corrected chi connectivity index (χ3v) is 3.04. The molecule has 1 aliphatic carbocycles. The van der Waals surface area contributed by atoms with Crippen molar-refractivity contribution in [3.05, 3.63) is 0 Å². The van der Waals surface area contributed by atoms with Crippen molar-refractivity contribution in [2.75, 3.05) is 13.1 Å². The van der Waals surface area contributed by atoms with Gasteiger partial charge < -0.3 is 16.2 Å². The summed E-state index contributed by atoms with van der Waals surface area (Å²) in [5, 5.41) is 13.3. The fourth-order valence-corrected chi connectivity index (χ4v) is 2.10. The van der Waals surface area contributed by atoms with Crippen LogP contribution < -0.4 is 11.1 Å². The molecule has 0 heterocycles. The van der Waals surface area contributed by atoms with Gasteiger partial charge in [-0.25, -0.2) is 0 Å². The van der Waals surface area contributed by atoms with E-state index in [1.54, 1.807) is 0 Å². The van der Waals surface area contributed by atoms with Crippen LogP contribution in [0.5, 0.6) is 0 Å². The van der Waals surface area contributed by atoms with Crippen molar-refractivity contribution in [1.29, 1.82) is 0 Å². The Bertz CT molecular complexity index is 199. The monoisotopic (exact) mass is 214 g/mol. The van der Waals surface area contributed by atoms with E-state index < -0.39 is 5.60 Å². The predicted octanol–water partition coefficient (Wildman–Crippen LogP) is 0.537. The van der Waals surface area contributed by atoms with Crippen LogP contribution in [0.25, 0.3) is 0 Å². The summed E-state index contributed by atoms with van der Waals surface area (Å²) in [5.74, 6) is -0.296. The maximum Gasteiger partial charge on any atom is 0.218 e. The largest absolute Gasteiger partial charge is 0.389 e. The molecule has 0 aromatic rings. The summed E-state index contributed by atoms with van der Waals surface area (Å²) >= 11 is 0. The van der Waals surface area contributed by atoms with Gasteiger partial charge in [-0.1, -0.05) is 25.7 Å². The number of hydrogen-bond donors (Lipinski definition) is 3. The highest BCUT2D eigenvalue weighted by molar-refractivity contribution is 5.73. The normalized spacial score (nSPS) is 20.9. The number of primary amides is 1. The molecule has 0 spiro atoms. The predicted molar refractivity (Wildman–Crippen MR) is 59.3 cm³/mol. The minimum absolute atomic E-state index is 0.296. The molecule has 4 heteroatoms. The van der Waals surface area contributed by atoms with E-state index in [4.69, 9.17) is 5.73 Å². The van der Waals surface area contributed by atoms with Crippen LogP contribution in [0.1, 0.15) is 44.9 Å². The molecule has 0 aromatic heterocycles. The van der Waals surface area contributed by atoms with Crippen LogP contribution in [-0.4, -0.2) is 29.7 Å². The van der Waals surface area contributed by atoms with E-state index in [0.29, 0.717) is 19.5 Å². The van der Waals surface area contributed by atoms with Gasteiger partial charge in [0.25, 0.3) is 0 Å². The summed E-state index contributed by atoms with van der Waals surface area (Å²) in [5.41, 5.74) is 4.47. The Morgan fingerprint density at radius 2 is 1.87 bits per heavy atom. The van der Waals surface area contributed by atoms with Gasteiger partial charge in [-0.05, 0) is 12.8 Å². The lowest BCUT2D eigenvalue weighted by Crippen LogP contribution is -2.41. The molecular formula is C11H22N2O2. The topological polar surface area (TPSA) is 75.4 Å². The van der Waals surface area contributed by atoms with Gasteiger partial charge in [-0.15, -0.1) is 0 Å². The van der Waals surface area contributed by atoms with E-state index in [1.165, 1.54) is 12.8 Å². The van der Waals surface area contributed by atoms with Crippen molar-refractivity contribution in [2.45, 2.75) is 50.5 Å². The van der Waals surface area contributed by atoms with Crippen LogP contribution in [0.15, 0.2) is 0 Å². The number of amides is 1. The van der Waals surface area contributed by atoms with Crippen LogP contribution in [0.3, 0.4) is 0 Å². The molecule has 15 heavy (non-hydrogen) atoms.